The van der Waals surface area contributed by atoms with Crippen molar-refractivity contribution in [3.05, 3.63) is 0 Å². The molecule has 2 nitrogen and oxygen atoms in total. The minimum Gasteiger partial charge on any atom is -0.315 e. The van der Waals surface area contributed by atoms with E-state index in [4.69, 9.17) is 4.18 Å². The summed E-state index contributed by atoms with van der Waals surface area (Å²) in [5, 5.41) is 0. The van der Waals surface area contributed by atoms with Gasteiger partial charge in [-0.2, -0.15) is 0 Å². The van der Waals surface area contributed by atoms with Crippen LogP contribution in [-0.2, 0) is 4.18 Å². The van der Waals surface area contributed by atoms with Crippen molar-refractivity contribution in [2.24, 2.45) is 10.9 Å². The Morgan fingerprint density at radius 3 is 2.46 bits per heavy atom. The summed E-state index contributed by atoms with van der Waals surface area (Å²) >= 11 is 1.42. The molecule has 0 aromatic rings. The largest absolute Gasteiger partial charge is 0.315 e. The Morgan fingerprint density at radius 2 is 2.08 bits per heavy atom. The minimum atomic E-state index is 0.575. The lowest BCUT2D eigenvalue weighted by Gasteiger charge is -2.08. The molecule has 0 aliphatic heterocycles. The molecule has 1 atom stereocenters. The summed E-state index contributed by atoms with van der Waals surface area (Å²) in [5.41, 5.74) is 1.20. The predicted octanol–water partition coefficient (Wildman–Crippen LogP) is 2.65. The van der Waals surface area contributed by atoms with Gasteiger partial charge in [0.2, 0.25) is 0 Å². The summed E-state index contributed by atoms with van der Waals surface area (Å²) in [6.07, 6.45) is 11.0. The zero-order valence-corrected chi connectivity index (χ0v) is 9.73. The summed E-state index contributed by atoms with van der Waals surface area (Å²) in [4.78, 5) is 4.09. The van der Waals surface area contributed by atoms with Crippen LogP contribution in [0.25, 0.3) is 0 Å². The van der Waals surface area contributed by atoms with Crippen LogP contribution in [0.2, 0.25) is 0 Å². The van der Waals surface area contributed by atoms with Crippen molar-refractivity contribution in [3.63, 3.8) is 0 Å². The van der Waals surface area contributed by atoms with Gasteiger partial charge < -0.3 is 4.18 Å². The van der Waals surface area contributed by atoms with E-state index in [1.54, 1.807) is 0 Å². The highest BCUT2D eigenvalue weighted by atomic mass is 32.2. The highest BCUT2D eigenvalue weighted by molar-refractivity contribution is 7.93. The molecule has 0 bridgehead atoms. The Bertz CT molecular complexity index is 154. The van der Waals surface area contributed by atoms with Gasteiger partial charge in [0.1, 0.15) is 0 Å². The van der Waals surface area contributed by atoms with Crippen LogP contribution in [0.3, 0.4) is 0 Å². The number of aliphatic imine (C=N–C) groups is 1. The van der Waals surface area contributed by atoms with Gasteiger partial charge in [-0.3, -0.25) is 4.99 Å². The maximum atomic E-state index is 5.20. The zero-order valence-electron chi connectivity index (χ0n) is 8.91. The van der Waals surface area contributed by atoms with Crippen LogP contribution in [-0.4, -0.2) is 25.6 Å². The molecule has 13 heavy (non-hydrogen) atoms. The van der Waals surface area contributed by atoms with Crippen molar-refractivity contribution >= 4 is 17.8 Å². The molecule has 0 saturated heterocycles. The summed E-state index contributed by atoms with van der Waals surface area (Å²) in [5.74, 6) is 0.575. The molecule has 0 heterocycles. The molecule has 0 aliphatic rings. The topological polar surface area (TPSA) is 21.6 Å². The third-order valence-electron chi connectivity index (χ3n) is 1.50. The van der Waals surface area contributed by atoms with E-state index in [9.17, 15) is 0 Å². The van der Waals surface area contributed by atoms with Crippen molar-refractivity contribution in [3.8, 4) is 12.8 Å². The molecule has 0 saturated carbocycles. The van der Waals surface area contributed by atoms with E-state index >= 15 is 0 Å². The smallest absolute Gasteiger partial charge is 0.0642 e. The monoisotopic (exact) mass is 201 g/mol. The second-order valence-electron chi connectivity index (χ2n) is 2.72. The van der Waals surface area contributed by atoms with E-state index in [0.717, 1.165) is 13.0 Å². The Balaban J connectivity index is 0. The Hall–Kier alpha value is -0.460. The van der Waals surface area contributed by atoms with E-state index in [1.807, 2.05) is 13.3 Å². The van der Waals surface area contributed by atoms with Gasteiger partial charge in [0.15, 0.2) is 0 Å². The summed E-state index contributed by atoms with van der Waals surface area (Å²) in [6, 6.07) is 0. The molecular formula is C10H19NOS. The lowest BCUT2D eigenvalue weighted by Crippen LogP contribution is -2.07. The van der Waals surface area contributed by atoms with Gasteiger partial charge in [-0.1, -0.05) is 6.92 Å². The Kier molecular flexibility index (Phi) is 13.3. The first kappa shape index (κ1) is 15.0. The molecule has 76 valence electrons. The van der Waals surface area contributed by atoms with E-state index in [2.05, 4.69) is 31.7 Å². The molecule has 0 rings (SSSR count). The van der Waals surface area contributed by atoms with Crippen molar-refractivity contribution in [2.45, 2.75) is 20.3 Å². The highest BCUT2D eigenvalue weighted by Gasteiger charge is 2.02. The fourth-order valence-electron chi connectivity index (χ4n) is 0.839. The summed E-state index contributed by atoms with van der Waals surface area (Å²) in [7, 11) is 1.83. The number of nitrogens with zero attached hydrogens (tertiary/aromatic N) is 1. The first-order valence-electron chi connectivity index (χ1n) is 4.12. The van der Waals surface area contributed by atoms with Crippen molar-refractivity contribution < 1.29 is 4.18 Å². The lowest BCUT2D eigenvalue weighted by atomic mass is 10.1. The van der Waals surface area contributed by atoms with E-state index in [1.165, 1.54) is 17.8 Å². The van der Waals surface area contributed by atoms with Gasteiger partial charge >= 0.3 is 0 Å². The third-order valence-corrected chi connectivity index (χ3v) is 1.87. The van der Waals surface area contributed by atoms with Crippen LogP contribution in [0.4, 0.5) is 0 Å². The molecular weight excluding hydrogens is 182 g/mol. The number of rotatable bonds is 5. The van der Waals surface area contributed by atoms with Crippen LogP contribution >= 0.6 is 12.0 Å². The second-order valence-corrected chi connectivity index (χ2v) is 3.29. The van der Waals surface area contributed by atoms with Gasteiger partial charge in [-0.05, 0) is 31.3 Å². The van der Waals surface area contributed by atoms with Crippen LogP contribution in [0.5, 0.6) is 0 Å². The van der Waals surface area contributed by atoms with Crippen molar-refractivity contribution in [1.82, 2.24) is 0 Å². The Labute approximate surface area is 86.4 Å². The van der Waals surface area contributed by atoms with Crippen molar-refractivity contribution in [1.29, 1.82) is 0 Å². The van der Waals surface area contributed by atoms with Crippen LogP contribution in [0, 0.1) is 18.8 Å². The van der Waals surface area contributed by atoms with Crippen LogP contribution < -0.4 is 0 Å². The third kappa shape index (κ3) is 11.5. The number of hydrogen-bond acceptors (Lipinski definition) is 3. The molecule has 1 unspecified atom stereocenters. The van der Waals surface area contributed by atoms with Crippen LogP contribution in [0.1, 0.15) is 20.3 Å². The highest BCUT2D eigenvalue weighted by Crippen LogP contribution is 2.07. The first-order chi connectivity index (χ1) is 6.20. The quantitative estimate of drug-likeness (QED) is 0.387. The van der Waals surface area contributed by atoms with Gasteiger partial charge in [-0.25, -0.2) is 0 Å². The van der Waals surface area contributed by atoms with E-state index in [0.29, 0.717) is 5.92 Å². The molecule has 0 spiro atoms. The minimum absolute atomic E-state index is 0.575. The fraction of sp³-hybridized carbons (Fsp3) is 0.700. The maximum absolute atomic E-state index is 5.20. The first-order valence-corrected chi connectivity index (χ1v) is 5.26. The van der Waals surface area contributed by atoms with Gasteiger partial charge in [0, 0.05) is 19.0 Å². The fourth-order valence-corrected chi connectivity index (χ4v) is 1.21. The van der Waals surface area contributed by atoms with Gasteiger partial charge in [0.05, 0.1) is 6.61 Å². The normalized spacial score (nSPS) is 12.9. The maximum Gasteiger partial charge on any atom is 0.0642 e. The van der Waals surface area contributed by atoms with E-state index < -0.39 is 0 Å². The summed E-state index contributed by atoms with van der Waals surface area (Å²) in [6.45, 7) is 5.04. The molecule has 0 fully saturated rings. The predicted molar refractivity (Wildman–Crippen MR) is 62.2 cm³/mol. The van der Waals surface area contributed by atoms with Gasteiger partial charge in [0.25, 0.3) is 0 Å². The zero-order chi connectivity index (χ0) is 10.7. The summed E-state index contributed by atoms with van der Waals surface area (Å²) < 4.78 is 5.20. The number of hydrogen-bond donors (Lipinski definition) is 0. The molecule has 0 aromatic carbocycles. The molecule has 0 N–H and O–H groups in total. The average molecular weight is 201 g/mol. The molecule has 0 radical (unpaired) electrons. The van der Waals surface area contributed by atoms with Crippen molar-refractivity contribution in [2.75, 3.05) is 19.9 Å². The SMILES string of the molecule is C#C.CN=C(C)CC(C)COSC. The second kappa shape index (κ2) is 11.5. The Morgan fingerprint density at radius 1 is 1.54 bits per heavy atom. The number of terminal acetylenes is 1. The van der Waals surface area contributed by atoms with E-state index in [-0.39, 0.29) is 0 Å². The standard InChI is InChI=1S/C8H17NOS.C2H2/c1-7(6-10-11-4)5-8(2)9-3;1-2/h7H,5-6H2,1-4H3;1-2H. The van der Waals surface area contributed by atoms with Gasteiger partial charge in [-0.15, -0.1) is 12.8 Å². The average Bonchev–Trinajstić information content (AvgIpc) is 2.17. The molecule has 0 aromatic heterocycles. The molecule has 0 aliphatic carbocycles. The molecule has 0 amide bonds. The lowest BCUT2D eigenvalue weighted by molar-refractivity contribution is 0.308. The molecule has 3 heteroatoms. The van der Waals surface area contributed by atoms with Crippen LogP contribution in [0.15, 0.2) is 4.99 Å².